The summed E-state index contributed by atoms with van der Waals surface area (Å²) in [6.45, 7) is 7.01. The van der Waals surface area contributed by atoms with E-state index in [4.69, 9.17) is 4.74 Å². The fourth-order valence-electron chi connectivity index (χ4n) is 3.28. The highest BCUT2D eigenvalue weighted by atomic mass is 16.5. The molecule has 3 rings (SSSR count). The topological polar surface area (TPSA) is 60.2 Å². The molecule has 1 aromatic rings. The summed E-state index contributed by atoms with van der Waals surface area (Å²) < 4.78 is 7.64. The van der Waals surface area contributed by atoms with Crippen LogP contribution in [0, 0.1) is 0 Å². The Morgan fingerprint density at radius 2 is 2.14 bits per heavy atom. The molecule has 0 spiro atoms. The molecule has 22 heavy (non-hydrogen) atoms. The van der Waals surface area contributed by atoms with E-state index in [1.807, 2.05) is 4.90 Å². The fourth-order valence-corrected chi connectivity index (χ4v) is 3.28. The Morgan fingerprint density at radius 1 is 1.32 bits per heavy atom. The monoisotopic (exact) mass is 304 g/mol. The van der Waals surface area contributed by atoms with Crippen molar-refractivity contribution in [1.82, 2.24) is 19.7 Å². The highest BCUT2D eigenvalue weighted by Gasteiger charge is 2.29. The average molecular weight is 304 g/mol. The van der Waals surface area contributed by atoms with Crippen LogP contribution in [0.3, 0.4) is 0 Å². The summed E-state index contributed by atoms with van der Waals surface area (Å²) in [5.41, 5.74) is 0. The molecule has 0 aromatic carbocycles. The summed E-state index contributed by atoms with van der Waals surface area (Å²) in [4.78, 5) is 14.0. The van der Waals surface area contributed by atoms with Crippen LogP contribution in [0.1, 0.15) is 43.3 Å². The second kappa shape index (κ2) is 7.05. The lowest BCUT2D eigenvalue weighted by molar-refractivity contribution is -0.137. The molecular formula is C16H24N4O2. The lowest BCUT2D eigenvalue weighted by atomic mass is 9.96. The number of hydrogen-bond acceptors (Lipinski definition) is 4. The number of aromatic nitrogens is 3. The van der Waals surface area contributed by atoms with Gasteiger partial charge in [0.1, 0.15) is 18.3 Å². The minimum atomic E-state index is 0.0917. The minimum Gasteiger partial charge on any atom is -0.371 e. The van der Waals surface area contributed by atoms with Crippen molar-refractivity contribution in [3.63, 3.8) is 0 Å². The summed E-state index contributed by atoms with van der Waals surface area (Å²) in [5.74, 6) is 2.78. The normalized spacial score (nSPS) is 18.5. The van der Waals surface area contributed by atoms with Crippen LogP contribution in [0.5, 0.6) is 0 Å². The largest absolute Gasteiger partial charge is 0.371 e. The maximum Gasteiger partial charge on any atom is 0.248 e. The van der Waals surface area contributed by atoms with Crippen LogP contribution in [0.25, 0.3) is 0 Å². The van der Waals surface area contributed by atoms with Gasteiger partial charge in [0.05, 0.1) is 6.61 Å². The van der Waals surface area contributed by atoms with Gasteiger partial charge >= 0.3 is 0 Å². The van der Waals surface area contributed by atoms with Gasteiger partial charge in [0.2, 0.25) is 5.91 Å². The number of ether oxygens (including phenoxy) is 1. The number of nitrogens with zero attached hydrogens (tertiary/aromatic N) is 4. The van der Waals surface area contributed by atoms with Gasteiger partial charge in [-0.2, -0.15) is 0 Å². The average Bonchev–Trinajstić information content (AvgIpc) is 3.15. The van der Waals surface area contributed by atoms with Crippen molar-refractivity contribution in [1.29, 1.82) is 0 Å². The molecule has 2 aliphatic rings. The van der Waals surface area contributed by atoms with Gasteiger partial charge in [0, 0.05) is 32.0 Å². The Kier molecular flexibility index (Phi) is 4.87. The number of likely N-dealkylation sites (tertiary alicyclic amines) is 1. The maximum absolute atomic E-state index is 12.1. The zero-order valence-corrected chi connectivity index (χ0v) is 13.0. The lowest BCUT2D eigenvalue weighted by Crippen LogP contribution is -2.40. The number of rotatable bonds is 6. The van der Waals surface area contributed by atoms with E-state index in [-0.39, 0.29) is 12.5 Å². The van der Waals surface area contributed by atoms with E-state index in [2.05, 4.69) is 21.3 Å². The first-order valence-electron chi connectivity index (χ1n) is 8.18. The molecule has 0 radical (unpaired) electrons. The predicted octanol–water partition coefficient (Wildman–Crippen LogP) is 1.52. The first-order valence-corrected chi connectivity index (χ1v) is 8.18. The zero-order chi connectivity index (χ0) is 15.4. The molecule has 3 heterocycles. The summed E-state index contributed by atoms with van der Waals surface area (Å²) in [6.07, 6.45) is 6.75. The third kappa shape index (κ3) is 3.21. The SMILES string of the molecule is C=CCCOCC(=O)N1CCC(c2nnc3n2CCC3)CC1. The minimum absolute atomic E-state index is 0.0917. The van der Waals surface area contributed by atoms with E-state index in [0.29, 0.717) is 12.5 Å². The van der Waals surface area contributed by atoms with Crippen LogP contribution in [-0.4, -0.2) is 51.9 Å². The Labute approximate surface area is 131 Å². The molecule has 1 amide bonds. The number of amides is 1. The Bertz CT molecular complexity index is 532. The van der Waals surface area contributed by atoms with Gasteiger partial charge in [0.15, 0.2) is 0 Å². The zero-order valence-electron chi connectivity index (χ0n) is 13.0. The highest BCUT2D eigenvalue weighted by molar-refractivity contribution is 5.77. The number of carbonyl (C=O) groups is 1. The van der Waals surface area contributed by atoms with E-state index in [1.165, 1.54) is 6.42 Å². The number of hydrogen-bond donors (Lipinski definition) is 0. The predicted molar refractivity (Wildman–Crippen MR) is 82.5 cm³/mol. The van der Waals surface area contributed by atoms with Crippen molar-refractivity contribution in [3.05, 3.63) is 24.3 Å². The fraction of sp³-hybridized carbons (Fsp3) is 0.688. The number of carbonyl (C=O) groups excluding carboxylic acids is 1. The van der Waals surface area contributed by atoms with E-state index < -0.39 is 0 Å². The third-order valence-corrected chi connectivity index (χ3v) is 4.54. The van der Waals surface area contributed by atoms with E-state index in [9.17, 15) is 4.79 Å². The van der Waals surface area contributed by atoms with Gasteiger partial charge in [-0.05, 0) is 25.7 Å². The molecular weight excluding hydrogens is 280 g/mol. The molecule has 1 fully saturated rings. The van der Waals surface area contributed by atoms with Crippen LogP contribution >= 0.6 is 0 Å². The second-order valence-electron chi connectivity index (χ2n) is 6.01. The van der Waals surface area contributed by atoms with E-state index in [0.717, 1.165) is 57.0 Å². The summed E-state index contributed by atoms with van der Waals surface area (Å²) >= 11 is 0. The second-order valence-corrected chi connectivity index (χ2v) is 6.01. The van der Waals surface area contributed by atoms with Crippen molar-refractivity contribution in [2.24, 2.45) is 0 Å². The first-order chi connectivity index (χ1) is 10.8. The van der Waals surface area contributed by atoms with E-state index >= 15 is 0 Å². The van der Waals surface area contributed by atoms with Gasteiger partial charge in [-0.25, -0.2) is 0 Å². The van der Waals surface area contributed by atoms with Gasteiger partial charge in [-0.15, -0.1) is 16.8 Å². The van der Waals surface area contributed by atoms with Gasteiger partial charge in [-0.3, -0.25) is 4.79 Å². The molecule has 2 aliphatic heterocycles. The van der Waals surface area contributed by atoms with Gasteiger partial charge in [0.25, 0.3) is 0 Å². The Hall–Kier alpha value is -1.69. The molecule has 6 nitrogen and oxygen atoms in total. The molecule has 120 valence electrons. The van der Waals surface area contributed by atoms with Crippen molar-refractivity contribution < 1.29 is 9.53 Å². The molecule has 0 N–H and O–H groups in total. The molecule has 1 aromatic heterocycles. The van der Waals surface area contributed by atoms with Crippen molar-refractivity contribution in [3.8, 4) is 0 Å². The summed E-state index contributed by atoms with van der Waals surface area (Å²) in [7, 11) is 0. The van der Waals surface area contributed by atoms with Gasteiger partial charge < -0.3 is 14.2 Å². The van der Waals surface area contributed by atoms with Crippen LogP contribution < -0.4 is 0 Å². The van der Waals surface area contributed by atoms with Crippen molar-refractivity contribution in [2.75, 3.05) is 26.3 Å². The lowest BCUT2D eigenvalue weighted by Gasteiger charge is -2.31. The van der Waals surface area contributed by atoms with Crippen molar-refractivity contribution >= 4 is 5.91 Å². The summed E-state index contributed by atoms with van der Waals surface area (Å²) in [6, 6.07) is 0. The van der Waals surface area contributed by atoms with Gasteiger partial charge in [-0.1, -0.05) is 6.08 Å². The molecule has 6 heteroatoms. The number of aryl methyl sites for hydroxylation is 1. The number of fused-ring (bicyclic) bond motifs is 1. The highest BCUT2D eigenvalue weighted by Crippen LogP contribution is 2.29. The van der Waals surface area contributed by atoms with E-state index in [1.54, 1.807) is 6.08 Å². The van der Waals surface area contributed by atoms with Crippen LogP contribution in [-0.2, 0) is 22.5 Å². The molecule has 0 saturated carbocycles. The maximum atomic E-state index is 12.1. The van der Waals surface area contributed by atoms with Crippen LogP contribution in [0.15, 0.2) is 12.7 Å². The molecule has 0 unspecified atom stereocenters. The third-order valence-electron chi connectivity index (χ3n) is 4.54. The molecule has 1 saturated heterocycles. The molecule has 0 atom stereocenters. The Morgan fingerprint density at radius 3 is 2.91 bits per heavy atom. The van der Waals surface area contributed by atoms with Crippen LogP contribution in [0.2, 0.25) is 0 Å². The van der Waals surface area contributed by atoms with Crippen molar-refractivity contribution in [2.45, 2.75) is 44.6 Å². The number of piperidine rings is 1. The molecule has 0 bridgehead atoms. The van der Waals surface area contributed by atoms with Crippen LogP contribution in [0.4, 0.5) is 0 Å². The standard InChI is InChI=1S/C16H24N4O2/c1-2-3-11-22-12-15(21)19-9-6-13(7-10-19)16-18-17-14-5-4-8-20(14)16/h2,13H,1,3-12H2. The smallest absolute Gasteiger partial charge is 0.248 e. The molecule has 0 aliphatic carbocycles. The quantitative estimate of drug-likeness (QED) is 0.590. The summed E-state index contributed by atoms with van der Waals surface area (Å²) in [5, 5.41) is 8.67. The first kappa shape index (κ1) is 15.2. The Balaban J connectivity index is 1.48.